The van der Waals surface area contributed by atoms with E-state index in [4.69, 9.17) is 4.74 Å². The fraction of sp³-hybridized carbons (Fsp3) is 0.312. The van der Waals surface area contributed by atoms with Crippen LogP contribution in [0.4, 0.5) is 0 Å². The lowest BCUT2D eigenvalue weighted by Crippen LogP contribution is -2.23. The van der Waals surface area contributed by atoms with Crippen molar-refractivity contribution in [2.45, 2.75) is 25.9 Å². The lowest BCUT2D eigenvalue weighted by Gasteiger charge is -2.16. The average Bonchev–Trinajstić information content (AvgIpc) is 2.99. The quantitative estimate of drug-likeness (QED) is 0.792. The van der Waals surface area contributed by atoms with Gasteiger partial charge in [-0.25, -0.2) is 0 Å². The minimum Gasteiger partial charge on any atom is -0.466 e. The van der Waals surface area contributed by atoms with Crippen LogP contribution in [0, 0.1) is 0 Å². The van der Waals surface area contributed by atoms with Gasteiger partial charge in [0.05, 0.1) is 19.1 Å². The first kappa shape index (κ1) is 14.8. The molecule has 0 aliphatic heterocycles. The number of carbonyl (C=O) groups is 1. The van der Waals surface area contributed by atoms with Gasteiger partial charge in [-0.05, 0) is 23.9 Å². The van der Waals surface area contributed by atoms with E-state index in [9.17, 15) is 4.79 Å². The molecule has 0 aliphatic carbocycles. The highest BCUT2D eigenvalue weighted by Gasteiger charge is 2.17. The van der Waals surface area contributed by atoms with Gasteiger partial charge in [0, 0.05) is 11.4 Å². The Labute approximate surface area is 123 Å². The SMILES string of the molecule is CCOC(=O)CC(NCc1ccccc1)c1cccs1. The molecule has 1 unspecified atom stereocenters. The average molecular weight is 289 g/mol. The van der Waals surface area contributed by atoms with Gasteiger partial charge in [-0.15, -0.1) is 11.3 Å². The zero-order chi connectivity index (χ0) is 14.2. The standard InChI is InChI=1S/C16H19NO2S/c1-2-19-16(18)11-14(15-9-6-10-20-15)17-12-13-7-4-3-5-8-13/h3-10,14,17H,2,11-12H2,1H3. The minimum absolute atomic E-state index is 0.00857. The summed E-state index contributed by atoms with van der Waals surface area (Å²) >= 11 is 1.66. The van der Waals surface area contributed by atoms with E-state index in [1.54, 1.807) is 11.3 Å². The summed E-state index contributed by atoms with van der Waals surface area (Å²) in [5.41, 5.74) is 1.21. The van der Waals surface area contributed by atoms with Crippen molar-refractivity contribution in [2.24, 2.45) is 0 Å². The van der Waals surface area contributed by atoms with Gasteiger partial charge in [-0.1, -0.05) is 36.4 Å². The summed E-state index contributed by atoms with van der Waals surface area (Å²) in [5, 5.41) is 5.46. The van der Waals surface area contributed by atoms with Crippen LogP contribution in [0.3, 0.4) is 0 Å². The Morgan fingerprint density at radius 3 is 2.70 bits per heavy atom. The maximum absolute atomic E-state index is 11.7. The van der Waals surface area contributed by atoms with Crippen molar-refractivity contribution in [2.75, 3.05) is 6.61 Å². The maximum atomic E-state index is 11.7. The number of carbonyl (C=O) groups excluding carboxylic acids is 1. The van der Waals surface area contributed by atoms with Crippen LogP contribution >= 0.6 is 11.3 Å². The smallest absolute Gasteiger partial charge is 0.307 e. The van der Waals surface area contributed by atoms with Crippen LogP contribution in [0.1, 0.15) is 29.8 Å². The van der Waals surface area contributed by atoms with Crippen LogP contribution in [0.15, 0.2) is 47.8 Å². The molecule has 2 rings (SSSR count). The third-order valence-electron chi connectivity index (χ3n) is 2.96. The summed E-state index contributed by atoms with van der Waals surface area (Å²) in [5.74, 6) is -0.161. The van der Waals surface area contributed by atoms with Gasteiger partial charge in [-0.3, -0.25) is 4.79 Å². The molecule has 0 saturated carbocycles. The van der Waals surface area contributed by atoms with E-state index >= 15 is 0 Å². The van der Waals surface area contributed by atoms with Crippen LogP contribution in [-0.2, 0) is 16.1 Å². The number of ether oxygens (including phenoxy) is 1. The molecule has 1 aromatic carbocycles. The number of rotatable bonds is 7. The van der Waals surface area contributed by atoms with Crippen LogP contribution in [0.5, 0.6) is 0 Å². The molecule has 0 saturated heterocycles. The van der Waals surface area contributed by atoms with Crippen molar-refractivity contribution in [1.82, 2.24) is 5.32 Å². The van der Waals surface area contributed by atoms with Crippen LogP contribution in [0.2, 0.25) is 0 Å². The van der Waals surface area contributed by atoms with Gasteiger partial charge in [0.15, 0.2) is 0 Å². The van der Waals surface area contributed by atoms with Gasteiger partial charge >= 0.3 is 5.97 Å². The Hall–Kier alpha value is -1.65. The van der Waals surface area contributed by atoms with Crippen molar-refractivity contribution in [3.05, 3.63) is 58.3 Å². The predicted octanol–water partition coefficient (Wildman–Crippen LogP) is 3.53. The van der Waals surface area contributed by atoms with Crippen molar-refractivity contribution >= 4 is 17.3 Å². The van der Waals surface area contributed by atoms with E-state index < -0.39 is 0 Å². The minimum atomic E-state index is -0.161. The first-order chi connectivity index (χ1) is 9.79. The monoisotopic (exact) mass is 289 g/mol. The fourth-order valence-corrected chi connectivity index (χ4v) is 2.79. The van der Waals surface area contributed by atoms with E-state index in [1.165, 1.54) is 5.56 Å². The lowest BCUT2D eigenvalue weighted by atomic mass is 10.1. The number of esters is 1. The summed E-state index contributed by atoms with van der Waals surface area (Å²) in [6, 6.07) is 14.2. The van der Waals surface area contributed by atoms with Crippen molar-refractivity contribution in [3.63, 3.8) is 0 Å². The van der Waals surface area contributed by atoms with Crippen molar-refractivity contribution in [3.8, 4) is 0 Å². The number of hydrogen-bond acceptors (Lipinski definition) is 4. The van der Waals surface area contributed by atoms with E-state index in [0.717, 1.165) is 11.4 Å². The number of thiophene rings is 1. The molecule has 0 amide bonds. The summed E-state index contributed by atoms with van der Waals surface area (Å²) in [6.07, 6.45) is 0.362. The molecule has 3 nitrogen and oxygen atoms in total. The van der Waals surface area contributed by atoms with Gasteiger partial charge < -0.3 is 10.1 Å². The second-order valence-electron chi connectivity index (χ2n) is 4.44. The molecule has 4 heteroatoms. The molecule has 0 spiro atoms. The summed E-state index contributed by atoms with van der Waals surface area (Å²) < 4.78 is 5.05. The van der Waals surface area contributed by atoms with Crippen LogP contribution in [-0.4, -0.2) is 12.6 Å². The largest absolute Gasteiger partial charge is 0.466 e. The molecular weight excluding hydrogens is 270 g/mol. The number of hydrogen-bond donors (Lipinski definition) is 1. The molecule has 106 valence electrons. The van der Waals surface area contributed by atoms with E-state index in [-0.39, 0.29) is 12.0 Å². The first-order valence-corrected chi connectivity index (χ1v) is 7.64. The summed E-state index contributed by atoms with van der Waals surface area (Å²) in [7, 11) is 0. The van der Waals surface area contributed by atoms with Crippen molar-refractivity contribution in [1.29, 1.82) is 0 Å². The van der Waals surface area contributed by atoms with Crippen LogP contribution < -0.4 is 5.32 Å². The highest BCUT2D eigenvalue weighted by molar-refractivity contribution is 7.10. The fourth-order valence-electron chi connectivity index (χ4n) is 1.99. The Morgan fingerprint density at radius 1 is 1.25 bits per heavy atom. The van der Waals surface area contributed by atoms with Gasteiger partial charge in [-0.2, -0.15) is 0 Å². The molecule has 0 bridgehead atoms. The van der Waals surface area contributed by atoms with Crippen molar-refractivity contribution < 1.29 is 9.53 Å². The van der Waals surface area contributed by atoms with Gasteiger partial charge in [0.2, 0.25) is 0 Å². The topological polar surface area (TPSA) is 38.3 Å². The van der Waals surface area contributed by atoms with E-state index in [0.29, 0.717) is 13.0 Å². The molecule has 0 fully saturated rings. The Bertz CT molecular complexity index is 511. The Morgan fingerprint density at radius 2 is 2.05 bits per heavy atom. The molecule has 20 heavy (non-hydrogen) atoms. The highest BCUT2D eigenvalue weighted by Crippen LogP contribution is 2.23. The van der Waals surface area contributed by atoms with E-state index in [2.05, 4.69) is 17.4 Å². The van der Waals surface area contributed by atoms with Gasteiger partial charge in [0.1, 0.15) is 0 Å². The molecule has 1 heterocycles. The van der Waals surface area contributed by atoms with Gasteiger partial charge in [0.25, 0.3) is 0 Å². The molecule has 1 atom stereocenters. The second-order valence-corrected chi connectivity index (χ2v) is 5.42. The normalized spacial score (nSPS) is 12.1. The first-order valence-electron chi connectivity index (χ1n) is 6.76. The molecule has 1 N–H and O–H groups in total. The third-order valence-corrected chi connectivity index (χ3v) is 3.94. The maximum Gasteiger partial charge on any atom is 0.307 e. The summed E-state index contributed by atoms with van der Waals surface area (Å²) in [6.45, 7) is 2.99. The summed E-state index contributed by atoms with van der Waals surface area (Å²) in [4.78, 5) is 12.9. The zero-order valence-electron chi connectivity index (χ0n) is 11.5. The highest BCUT2D eigenvalue weighted by atomic mass is 32.1. The molecular formula is C16H19NO2S. The third kappa shape index (κ3) is 4.47. The Balaban J connectivity index is 1.98. The second kappa shape index (κ2) is 7.82. The molecule has 1 aromatic heterocycles. The molecule has 0 aliphatic rings. The molecule has 0 radical (unpaired) electrons. The number of nitrogens with one attached hydrogen (secondary N) is 1. The Kier molecular flexibility index (Phi) is 5.77. The molecule has 2 aromatic rings. The lowest BCUT2D eigenvalue weighted by molar-refractivity contribution is -0.143. The zero-order valence-corrected chi connectivity index (χ0v) is 12.4. The number of benzene rings is 1. The predicted molar refractivity (Wildman–Crippen MR) is 81.6 cm³/mol. The van der Waals surface area contributed by atoms with Crippen LogP contribution in [0.25, 0.3) is 0 Å². The van der Waals surface area contributed by atoms with E-state index in [1.807, 2.05) is 42.6 Å².